The summed E-state index contributed by atoms with van der Waals surface area (Å²) in [5, 5.41) is 11.2. The van der Waals surface area contributed by atoms with Gasteiger partial charge in [-0.3, -0.25) is 10.1 Å². The summed E-state index contributed by atoms with van der Waals surface area (Å²) in [7, 11) is 0. The number of rotatable bonds is 5. The molecule has 21 heavy (non-hydrogen) atoms. The zero-order chi connectivity index (χ0) is 15.4. The van der Waals surface area contributed by atoms with E-state index in [4.69, 9.17) is 11.6 Å². The van der Waals surface area contributed by atoms with Crippen LogP contribution in [0.15, 0.2) is 36.5 Å². The highest BCUT2D eigenvalue weighted by molar-refractivity contribution is 6.28. The average Bonchev–Trinajstić information content (AvgIpc) is 2.45. The van der Waals surface area contributed by atoms with Crippen molar-refractivity contribution in [2.45, 2.75) is 26.4 Å². The van der Waals surface area contributed by atoms with Crippen LogP contribution in [0.2, 0.25) is 5.28 Å². The van der Waals surface area contributed by atoms with E-state index in [0.717, 1.165) is 11.8 Å². The summed E-state index contributed by atoms with van der Waals surface area (Å²) in [5.41, 5.74) is 0.888. The Kier molecular flexibility index (Phi) is 4.70. The second kappa shape index (κ2) is 6.49. The first kappa shape index (κ1) is 15.2. The van der Waals surface area contributed by atoms with E-state index >= 15 is 0 Å². The van der Waals surface area contributed by atoms with Gasteiger partial charge in [-0.25, -0.2) is 4.98 Å². The van der Waals surface area contributed by atoms with Gasteiger partial charge in [-0.05, 0) is 31.0 Å². The van der Waals surface area contributed by atoms with E-state index < -0.39 is 4.92 Å². The number of anilines is 1. The summed E-state index contributed by atoms with van der Waals surface area (Å²) in [6.07, 6.45) is 1.14. The van der Waals surface area contributed by atoms with Crippen molar-refractivity contribution in [2.24, 2.45) is 0 Å². The van der Waals surface area contributed by atoms with Crippen molar-refractivity contribution in [3.8, 4) is 0 Å². The molecule has 0 aliphatic heterocycles. The van der Waals surface area contributed by atoms with Crippen molar-refractivity contribution in [2.75, 3.05) is 4.90 Å². The van der Waals surface area contributed by atoms with E-state index in [9.17, 15) is 10.1 Å². The molecule has 0 unspecified atom stereocenters. The summed E-state index contributed by atoms with van der Waals surface area (Å²) < 4.78 is 0. The fourth-order valence-electron chi connectivity index (χ4n) is 1.97. The summed E-state index contributed by atoms with van der Waals surface area (Å²) >= 11 is 5.80. The van der Waals surface area contributed by atoms with Gasteiger partial charge in [-0.1, -0.05) is 30.3 Å². The molecule has 7 heteroatoms. The number of hydrogen-bond donors (Lipinski definition) is 0. The summed E-state index contributed by atoms with van der Waals surface area (Å²) in [6.45, 7) is 4.40. The lowest BCUT2D eigenvalue weighted by atomic mass is 10.2. The van der Waals surface area contributed by atoms with Crippen LogP contribution >= 0.6 is 11.6 Å². The Labute approximate surface area is 127 Å². The molecule has 2 aromatic rings. The molecule has 0 bridgehead atoms. The lowest BCUT2D eigenvalue weighted by Gasteiger charge is -2.27. The third kappa shape index (κ3) is 3.66. The number of hydrogen-bond acceptors (Lipinski definition) is 5. The molecule has 0 fully saturated rings. The van der Waals surface area contributed by atoms with Gasteiger partial charge in [-0.2, -0.15) is 4.98 Å². The highest BCUT2D eigenvalue weighted by Gasteiger charge is 2.24. The summed E-state index contributed by atoms with van der Waals surface area (Å²) in [5.74, 6) is 0.235. The molecule has 2 rings (SSSR count). The lowest BCUT2D eigenvalue weighted by molar-refractivity contribution is -0.384. The molecule has 110 valence electrons. The van der Waals surface area contributed by atoms with Gasteiger partial charge < -0.3 is 4.90 Å². The van der Waals surface area contributed by atoms with Gasteiger partial charge in [-0.15, -0.1) is 0 Å². The molecule has 1 heterocycles. The Balaban J connectivity index is 2.43. The van der Waals surface area contributed by atoms with E-state index in [1.807, 2.05) is 49.1 Å². The topological polar surface area (TPSA) is 72.2 Å². The average molecular weight is 307 g/mol. The van der Waals surface area contributed by atoms with Crippen LogP contribution in [0.25, 0.3) is 0 Å². The Morgan fingerprint density at radius 2 is 2.00 bits per heavy atom. The second-order valence-electron chi connectivity index (χ2n) is 4.81. The maximum atomic E-state index is 11.2. The van der Waals surface area contributed by atoms with Crippen LogP contribution in [0.1, 0.15) is 19.4 Å². The first-order valence-electron chi connectivity index (χ1n) is 6.46. The van der Waals surface area contributed by atoms with Crippen LogP contribution in [0, 0.1) is 10.1 Å². The van der Waals surface area contributed by atoms with Crippen LogP contribution in [-0.4, -0.2) is 20.9 Å². The molecule has 0 aliphatic carbocycles. The number of halogens is 1. The summed E-state index contributed by atoms with van der Waals surface area (Å²) in [4.78, 5) is 20.3. The zero-order valence-corrected chi connectivity index (χ0v) is 12.5. The highest BCUT2D eigenvalue weighted by atomic mass is 35.5. The number of benzene rings is 1. The van der Waals surface area contributed by atoms with Crippen molar-refractivity contribution >= 4 is 23.1 Å². The Morgan fingerprint density at radius 1 is 1.33 bits per heavy atom. The van der Waals surface area contributed by atoms with E-state index in [1.165, 1.54) is 0 Å². The predicted molar refractivity (Wildman–Crippen MR) is 81.5 cm³/mol. The van der Waals surface area contributed by atoms with Crippen LogP contribution in [0.5, 0.6) is 0 Å². The molecule has 0 N–H and O–H groups in total. The van der Waals surface area contributed by atoms with Gasteiger partial charge in [0.2, 0.25) is 11.1 Å². The second-order valence-corrected chi connectivity index (χ2v) is 5.15. The smallest absolute Gasteiger partial charge is 0.329 e. The largest absolute Gasteiger partial charge is 0.344 e. The maximum Gasteiger partial charge on any atom is 0.329 e. The van der Waals surface area contributed by atoms with Crippen molar-refractivity contribution in [1.82, 2.24) is 9.97 Å². The van der Waals surface area contributed by atoms with Crippen molar-refractivity contribution < 1.29 is 4.92 Å². The number of nitro groups is 1. The third-order valence-corrected chi connectivity index (χ3v) is 3.19. The van der Waals surface area contributed by atoms with Crippen molar-refractivity contribution in [3.05, 3.63) is 57.5 Å². The minimum atomic E-state index is -0.494. The Morgan fingerprint density at radius 3 is 2.57 bits per heavy atom. The molecule has 1 aromatic carbocycles. The fraction of sp³-hybridized carbons (Fsp3) is 0.286. The minimum Gasteiger partial charge on any atom is -0.344 e. The van der Waals surface area contributed by atoms with Crippen molar-refractivity contribution in [1.29, 1.82) is 0 Å². The standard InChI is InChI=1S/C14H15ClN4O2/c1-10(2)18(9-11-6-4-3-5-7-11)13-12(19(20)21)8-16-14(15)17-13/h3-8,10H,9H2,1-2H3. The van der Waals surface area contributed by atoms with Crippen LogP contribution in [0.4, 0.5) is 11.5 Å². The van der Waals surface area contributed by atoms with Gasteiger partial charge in [0.25, 0.3) is 0 Å². The lowest BCUT2D eigenvalue weighted by Crippen LogP contribution is -2.31. The first-order valence-corrected chi connectivity index (χ1v) is 6.84. The molecule has 0 radical (unpaired) electrons. The monoisotopic (exact) mass is 306 g/mol. The van der Waals surface area contributed by atoms with Gasteiger partial charge in [0, 0.05) is 12.6 Å². The number of nitrogens with zero attached hydrogens (tertiary/aromatic N) is 4. The van der Waals surface area contributed by atoms with Gasteiger partial charge in [0.15, 0.2) is 0 Å². The van der Waals surface area contributed by atoms with Crippen molar-refractivity contribution in [3.63, 3.8) is 0 Å². The molecule has 0 amide bonds. The maximum absolute atomic E-state index is 11.2. The van der Waals surface area contributed by atoms with E-state index in [-0.39, 0.29) is 22.8 Å². The van der Waals surface area contributed by atoms with Crippen LogP contribution in [0.3, 0.4) is 0 Å². The molecule has 0 saturated heterocycles. The molecule has 1 aromatic heterocycles. The summed E-state index contributed by atoms with van der Waals surface area (Å²) in [6, 6.07) is 9.72. The molecular formula is C14H15ClN4O2. The third-order valence-electron chi connectivity index (χ3n) is 3.01. The number of aromatic nitrogens is 2. The molecule has 0 spiro atoms. The predicted octanol–water partition coefficient (Wildman–Crippen LogP) is 3.45. The molecule has 0 aliphatic rings. The normalized spacial score (nSPS) is 10.7. The highest BCUT2D eigenvalue weighted by Crippen LogP contribution is 2.29. The van der Waals surface area contributed by atoms with E-state index in [0.29, 0.717) is 6.54 Å². The first-order chi connectivity index (χ1) is 9.99. The quantitative estimate of drug-likeness (QED) is 0.480. The Bertz CT molecular complexity index is 634. The van der Waals surface area contributed by atoms with Crippen LogP contribution < -0.4 is 4.90 Å². The Hall–Kier alpha value is -2.21. The van der Waals surface area contributed by atoms with Gasteiger partial charge >= 0.3 is 5.69 Å². The molecule has 6 nitrogen and oxygen atoms in total. The van der Waals surface area contributed by atoms with E-state index in [1.54, 1.807) is 0 Å². The molecular weight excluding hydrogens is 292 g/mol. The SMILES string of the molecule is CC(C)N(Cc1ccccc1)c1nc(Cl)ncc1[N+](=O)[O-]. The van der Waals surface area contributed by atoms with E-state index in [2.05, 4.69) is 9.97 Å². The fourth-order valence-corrected chi connectivity index (χ4v) is 2.10. The van der Waals surface area contributed by atoms with Gasteiger partial charge in [0.05, 0.1) is 4.92 Å². The zero-order valence-electron chi connectivity index (χ0n) is 11.7. The minimum absolute atomic E-state index is 0.00527. The molecule has 0 atom stereocenters. The van der Waals surface area contributed by atoms with Crippen LogP contribution in [-0.2, 0) is 6.54 Å². The molecule has 0 saturated carbocycles. The van der Waals surface area contributed by atoms with Gasteiger partial charge in [0.1, 0.15) is 6.20 Å².